The molecule has 1 aromatic rings. The van der Waals surface area contributed by atoms with Crippen LogP contribution in [-0.2, 0) is 9.53 Å². The number of amides is 2. The maximum absolute atomic E-state index is 12.7. The fraction of sp³-hybridized carbons (Fsp3) is 0.444. The van der Waals surface area contributed by atoms with Gasteiger partial charge in [0.15, 0.2) is 0 Å². The first-order valence-electron chi connectivity index (χ1n) is 8.30. The molecule has 2 rings (SSSR count). The lowest BCUT2D eigenvalue weighted by Crippen LogP contribution is -2.46. The van der Waals surface area contributed by atoms with Crippen molar-refractivity contribution < 1.29 is 14.3 Å². The van der Waals surface area contributed by atoms with Gasteiger partial charge in [-0.1, -0.05) is 42.6 Å². The number of esters is 1. The molecule has 0 bridgehead atoms. The first-order valence-corrected chi connectivity index (χ1v) is 9.05. The number of hydrogen-bond acceptors (Lipinski definition) is 3. The minimum absolute atomic E-state index is 0.272. The molecular formula is C18H22Cl2N2O3. The summed E-state index contributed by atoms with van der Waals surface area (Å²) in [6.07, 6.45) is 2.08. The van der Waals surface area contributed by atoms with Crippen LogP contribution in [0.2, 0.25) is 10.0 Å². The number of carbonyl (C=O) groups is 2. The lowest BCUT2D eigenvalue weighted by atomic mass is 9.93. The summed E-state index contributed by atoms with van der Waals surface area (Å²) < 4.78 is 5.39. The summed E-state index contributed by atoms with van der Waals surface area (Å²) in [5, 5.41) is 6.37. The molecule has 0 fully saturated rings. The summed E-state index contributed by atoms with van der Waals surface area (Å²) in [7, 11) is 0. The molecule has 0 radical (unpaired) electrons. The summed E-state index contributed by atoms with van der Waals surface area (Å²) in [4.78, 5) is 24.8. The minimum Gasteiger partial charge on any atom is -0.459 e. The van der Waals surface area contributed by atoms with Gasteiger partial charge in [-0.15, -0.1) is 0 Å². The van der Waals surface area contributed by atoms with Gasteiger partial charge in [-0.25, -0.2) is 9.59 Å². The molecule has 1 heterocycles. The third-order valence-corrected chi connectivity index (χ3v) is 4.33. The second-order valence-electron chi connectivity index (χ2n) is 6.15. The average molecular weight is 385 g/mol. The number of nitrogens with one attached hydrogen (secondary N) is 2. The van der Waals surface area contributed by atoms with E-state index in [1.807, 2.05) is 6.92 Å². The van der Waals surface area contributed by atoms with Gasteiger partial charge in [-0.2, -0.15) is 0 Å². The number of ether oxygens (including phenoxy) is 1. The van der Waals surface area contributed by atoms with Gasteiger partial charge in [0.2, 0.25) is 0 Å². The lowest BCUT2D eigenvalue weighted by molar-refractivity contribution is -0.143. The van der Waals surface area contributed by atoms with Gasteiger partial charge in [0.25, 0.3) is 0 Å². The first kappa shape index (κ1) is 19.6. The monoisotopic (exact) mass is 384 g/mol. The van der Waals surface area contributed by atoms with Crippen molar-refractivity contribution in [3.8, 4) is 0 Å². The Labute approximate surface area is 157 Å². The van der Waals surface area contributed by atoms with Crippen molar-refractivity contribution in [1.82, 2.24) is 10.6 Å². The van der Waals surface area contributed by atoms with Crippen LogP contribution in [0.15, 0.2) is 29.5 Å². The number of urea groups is 1. The van der Waals surface area contributed by atoms with Crippen molar-refractivity contribution in [2.45, 2.75) is 52.2 Å². The number of rotatable bonds is 6. The maximum atomic E-state index is 12.7. The molecule has 136 valence electrons. The molecule has 2 amide bonds. The Kier molecular flexibility index (Phi) is 6.73. The highest BCUT2D eigenvalue weighted by molar-refractivity contribution is 6.35. The van der Waals surface area contributed by atoms with E-state index >= 15 is 0 Å². The summed E-state index contributed by atoms with van der Waals surface area (Å²) in [6.45, 7) is 5.61. The first-order chi connectivity index (χ1) is 11.8. The van der Waals surface area contributed by atoms with E-state index in [2.05, 4.69) is 10.6 Å². The summed E-state index contributed by atoms with van der Waals surface area (Å²) in [5.74, 6) is -0.468. The number of hydrogen-bond donors (Lipinski definition) is 2. The number of benzene rings is 1. The van der Waals surface area contributed by atoms with E-state index in [-0.39, 0.29) is 12.1 Å². The van der Waals surface area contributed by atoms with Gasteiger partial charge < -0.3 is 15.4 Å². The van der Waals surface area contributed by atoms with E-state index in [0.717, 1.165) is 12.8 Å². The second kappa shape index (κ2) is 8.59. The van der Waals surface area contributed by atoms with E-state index in [4.69, 9.17) is 27.9 Å². The Morgan fingerprint density at radius 3 is 2.64 bits per heavy atom. The highest BCUT2D eigenvalue weighted by Gasteiger charge is 2.34. The van der Waals surface area contributed by atoms with Crippen LogP contribution in [0.25, 0.3) is 0 Å². The minimum atomic E-state index is -0.684. The topological polar surface area (TPSA) is 67.4 Å². The Bertz CT molecular complexity index is 702. The molecular weight excluding hydrogens is 363 g/mol. The van der Waals surface area contributed by atoms with Crippen LogP contribution in [0.5, 0.6) is 0 Å². The van der Waals surface area contributed by atoms with E-state index in [1.165, 1.54) is 0 Å². The molecule has 0 aromatic heterocycles. The van der Waals surface area contributed by atoms with Crippen molar-refractivity contribution in [2.75, 3.05) is 0 Å². The van der Waals surface area contributed by atoms with Crippen molar-refractivity contribution in [1.29, 1.82) is 0 Å². The van der Waals surface area contributed by atoms with Crippen LogP contribution in [-0.4, -0.2) is 18.1 Å². The summed E-state index contributed by atoms with van der Waals surface area (Å²) in [5.41, 5.74) is 1.56. The molecule has 0 spiro atoms. The van der Waals surface area contributed by atoms with Gasteiger partial charge in [-0.3, -0.25) is 0 Å². The molecule has 1 aliphatic rings. The molecule has 1 atom stereocenters. The Morgan fingerprint density at radius 1 is 1.32 bits per heavy atom. The van der Waals surface area contributed by atoms with Crippen LogP contribution >= 0.6 is 23.2 Å². The average Bonchev–Trinajstić information content (AvgIpc) is 2.51. The highest BCUT2D eigenvalue weighted by atomic mass is 35.5. The summed E-state index contributed by atoms with van der Waals surface area (Å²) in [6, 6.07) is 3.92. The van der Waals surface area contributed by atoms with E-state index in [1.54, 1.807) is 32.0 Å². The van der Waals surface area contributed by atoms with Crippen LogP contribution in [0.3, 0.4) is 0 Å². The normalized spacial score (nSPS) is 17.4. The van der Waals surface area contributed by atoms with E-state index in [9.17, 15) is 9.59 Å². The fourth-order valence-electron chi connectivity index (χ4n) is 2.66. The molecule has 1 aromatic carbocycles. The number of halogens is 2. The van der Waals surface area contributed by atoms with Gasteiger partial charge in [0.05, 0.1) is 17.7 Å². The quantitative estimate of drug-likeness (QED) is 0.695. The largest absolute Gasteiger partial charge is 0.459 e. The zero-order valence-corrected chi connectivity index (χ0v) is 16.0. The molecule has 0 saturated heterocycles. The second-order valence-corrected chi connectivity index (χ2v) is 6.99. The predicted octanol–water partition coefficient (Wildman–Crippen LogP) is 4.74. The van der Waals surface area contributed by atoms with Crippen molar-refractivity contribution in [2.24, 2.45) is 0 Å². The number of unbranched alkanes of at least 4 members (excludes halogenated alkanes) is 1. The fourth-order valence-corrected chi connectivity index (χ4v) is 3.17. The van der Waals surface area contributed by atoms with Crippen molar-refractivity contribution in [3.63, 3.8) is 0 Å². The molecule has 25 heavy (non-hydrogen) atoms. The Hall–Kier alpha value is -1.72. The third kappa shape index (κ3) is 4.89. The number of allylic oxidation sites excluding steroid dienone is 1. The van der Waals surface area contributed by atoms with Gasteiger partial charge >= 0.3 is 12.0 Å². The Morgan fingerprint density at radius 2 is 2.04 bits per heavy atom. The van der Waals surface area contributed by atoms with Crippen molar-refractivity contribution >= 4 is 35.2 Å². The Balaban J connectivity index is 2.52. The maximum Gasteiger partial charge on any atom is 0.338 e. The molecule has 0 aliphatic carbocycles. The molecule has 1 aliphatic heterocycles. The highest BCUT2D eigenvalue weighted by Crippen LogP contribution is 2.34. The van der Waals surface area contributed by atoms with Crippen molar-refractivity contribution in [3.05, 3.63) is 45.1 Å². The molecule has 1 unspecified atom stereocenters. The lowest BCUT2D eigenvalue weighted by Gasteiger charge is -2.30. The smallest absolute Gasteiger partial charge is 0.338 e. The van der Waals surface area contributed by atoms with E-state index in [0.29, 0.717) is 33.3 Å². The number of carbonyl (C=O) groups excluding carboxylic acids is 2. The van der Waals surface area contributed by atoms with E-state index < -0.39 is 12.0 Å². The molecule has 7 heteroatoms. The SMILES string of the molecule is CCCCC1=C(C(=O)OC(C)C)C(c2ccc(Cl)cc2Cl)NC(=O)N1. The van der Waals surface area contributed by atoms with Gasteiger partial charge in [-0.05, 0) is 44.4 Å². The van der Waals surface area contributed by atoms with Gasteiger partial charge in [0.1, 0.15) is 0 Å². The third-order valence-electron chi connectivity index (χ3n) is 3.77. The summed E-state index contributed by atoms with van der Waals surface area (Å²) >= 11 is 12.3. The molecule has 5 nitrogen and oxygen atoms in total. The van der Waals surface area contributed by atoms with Gasteiger partial charge in [0, 0.05) is 15.7 Å². The zero-order valence-electron chi connectivity index (χ0n) is 14.5. The predicted molar refractivity (Wildman–Crippen MR) is 98.6 cm³/mol. The van der Waals surface area contributed by atoms with Crippen LogP contribution in [0.1, 0.15) is 51.6 Å². The van der Waals surface area contributed by atoms with Crippen LogP contribution < -0.4 is 10.6 Å². The standard InChI is InChI=1S/C18H22Cl2N2O3/c1-4-5-6-14-15(17(23)25-10(2)3)16(22-18(24)21-14)12-8-7-11(19)9-13(12)20/h7-10,16H,4-6H2,1-3H3,(H2,21,22,24). The zero-order chi connectivity index (χ0) is 18.6. The molecule has 2 N–H and O–H groups in total. The molecule has 0 saturated carbocycles. The van der Waals surface area contributed by atoms with Crippen LogP contribution in [0.4, 0.5) is 4.79 Å². The van der Waals surface area contributed by atoms with Crippen LogP contribution in [0, 0.1) is 0 Å².